The monoisotopic (exact) mass is 264 g/mol. The van der Waals surface area contributed by atoms with Gasteiger partial charge >= 0.3 is 0 Å². The molecule has 0 amide bonds. The SMILES string of the molecule is CCC(C)CN(CC)c1ccc(CNC(C)C)nn1. The zero-order chi connectivity index (χ0) is 14.3. The average Bonchev–Trinajstić information content (AvgIpc) is 2.42. The quantitative estimate of drug-likeness (QED) is 0.784. The maximum absolute atomic E-state index is 4.35. The smallest absolute Gasteiger partial charge is 0.151 e. The number of hydrogen-bond acceptors (Lipinski definition) is 4. The van der Waals surface area contributed by atoms with Gasteiger partial charge in [-0.3, -0.25) is 0 Å². The van der Waals surface area contributed by atoms with E-state index in [9.17, 15) is 0 Å². The first kappa shape index (κ1) is 15.9. The van der Waals surface area contributed by atoms with Gasteiger partial charge in [-0.2, -0.15) is 5.10 Å². The average molecular weight is 264 g/mol. The predicted molar refractivity (Wildman–Crippen MR) is 81.3 cm³/mol. The Balaban J connectivity index is 2.62. The number of nitrogens with zero attached hydrogens (tertiary/aromatic N) is 3. The molecule has 0 saturated carbocycles. The molecular formula is C15H28N4. The molecule has 0 aliphatic carbocycles. The van der Waals surface area contributed by atoms with Crippen LogP contribution in [0.3, 0.4) is 0 Å². The minimum Gasteiger partial charge on any atom is -0.355 e. The summed E-state index contributed by atoms with van der Waals surface area (Å²) in [6, 6.07) is 4.62. The molecule has 1 unspecified atom stereocenters. The van der Waals surface area contributed by atoms with Crippen LogP contribution in [0.15, 0.2) is 12.1 Å². The highest BCUT2D eigenvalue weighted by atomic mass is 15.3. The number of aromatic nitrogens is 2. The molecule has 0 fully saturated rings. The van der Waals surface area contributed by atoms with E-state index in [2.05, 4.69) is 67.2 Å². The second-order valence-electron chi connectivity index (χ2n) is 5.47. The van der Waals surface area contributed by atoms with Gasteiger partial charge in [-0.25, -0.2) is 0 Å². The van der Waals surface area contributed by atoms with E-state index in [0.717, 1.165) is 31.1 Å². The maximum atomic E-state index is 4.35. The standard InChI is InChI=1S/C15H28N4/c1-6-13(5)11-19(7-2)15-9-8-14(17-18-15)10-16-12(3)4/h8-9,12-13,16H,6-7,10-11H2,1-5H3. The molecule has 0 aliphatic heterocycles. The highest BCUT2D eigenvalue weighted by Gasteiger charge is 2.10. The molecule has 1 atom stereocenters. The lowest BCUT2D eigenvalue weighted by Gasteiger charge is -2.24. The van der Waals surface area contributed by atoms with Crippen molar-refractivity contribution in [2.45, 2.75) is 53.6 Å². The number of nitrogens with one attached hydrogen (secondary N) is 1. The molecule has 1 rings (SSSR count). The Morgan fingerprint density at radius 1 is 1.16 bits per heavy atom. The summed E-state index contributed by atoms with van der Waals surface area (Å²) in [5, 5.41) is 12.0. The first-order valence-electron chi connectivity index (χ1n) is 7.37. The zero-order valence-electron chi connectivity index (χ0n) is 13.0. The largest absolute Gasteiger partial charge is 0.355 e. The van der Waals surface area contributed by atoms with E-state index >= 15 is 0 Å². The Kier molecular flexibility index (Phi) is 6.78. The van der Waals surface area contributed by atoms with Crippen LogP contribution in [-0.4, -0.2) is 29.3 Å². The van der Waals surface area contributed by atoms with Crippen molar-refractivity contribution in [3.63, 3.8) is 0 Å². The van der Waals surface area contributed by atoms with Crippen molar-refractivity contribution in [2.24, 2.45) is 5.92 Å². The predicted octanol–water partition coefficient (Wildman–Crippen LogP) is 2.85. The van der Waals surface area contributed by atoms with Crippen LogP contribution < -0.4 is 10.2 Å². The third-order valence-corrected chi connectivity index (χ3v) is 3.33. The van der Waals surface area contributed by atoms with Gasteiger partial charge in [-0.05, 0) is 25.0 Å². The van der Waals surface area contributed by atoms with Gasteiger partial charge in [0.05, 0.1) is 5.69 Å². The molecule has 0 spiro atoms. The Morgan fingerprint density at radius 2 is 1.89 bits per heavy atom. The van der Waals surface area contributed by atoms with Crippen molar-refractivity contribution < 1.29 is 0 Å². The molecule has 19 heavy (non-hydrogen) atoms. The molecular weight excluding hydrogens is 236 g/mol. The third kappa shape index (κ3) is 5.55. The molecule has 0 radical (unpaired) electrons. The highest BCUT2D eigenvalue weighted by Crippen LogP contribution is 2.13. The van der Waals surface area contributed by atoms with Crippen LogP contribution in [0.1, 0.15) is 46.7 Å². The van der Waals surface area contributed by atoms with Crippen molar-refractivity contribution in [1.29, 1.82) is 0 Å². The Hall–Kier alpha value is -1.16. The van der Waals surface area contributed by atoms with Crippen LogP contribution in [-0.2, 0) is 6.54 Å². The van der Waals surface area contributed by atoms with Crippen LogP contribution in [0.2, 0.25) is 0 Å². The molecule has 0 aliphatic rings. The van der Waals surface area contributed by atoms with Crippen LogP contribution in [0, 0.1) is 5.92 Å². The summed E-state index contributed by atoms with van der Waals surface area (Å²) in [4.78, 5) is 2.29. The van der Waals surface area contributed by atoms with E-state index in [1.807, 2.05) is 0 Å². The first-order valence-corrected chi connectivity index (χ1v) is 7.37. The minimum absolute atomic E-state index is 0.471. The Morgan fingerprint density at radius 3 is 2.37 bits per heavy atom. The van der Waals surface area contributed by atoms with E-state index in [4.69, 9.17) is 0 Å². The van der Waals surface area contributed by atoms with Gasteiger partial charge in [0.15, 0.2) is 5.82 Å². The maximum Gasteiger partial charge on any atom is 0.151 e. The van der Waals surface area contributed by atoms with Crippen LogP contribution in [0.4, 0.5) is 5.82 Å². The van der Waals surface area contributed by atoms with Gasteiger partial charge in [-0.1, -0.05) is 34.1 Å². The van der Waals surface area contributed by atoms with Crippen molar-refractivity contribution >= 4 is 5.82 Å². The van der Waals surface area contributed by atoms with Crippen molar-refractivity contribution in [3.05, 3.63) is 17.8 Å². The van der Waals surface area contributed by atoms with Crippen molar-refractivity contribution in [2.75, 3.05) is 18.0 Å². The van der Waals surface area contributed by atoms with Gasteiger partial charge in [0.1, 0.15) is 0 Å². The van der Waals surface area contributed by atoms with Gasteiger partial charge in [0, 0.05) is 25.7 Å². The lowest BCUT2D eigenvalue weighted by Crippen LogP contribution is -2.29. The fourth-order valence-corrected chi connectivity index (χ4v) is 1.81. The first-order chi connectivity index (χ1) is 9.06. The summed E-state index contributed by atoms with van der Waals surface area (Å²) in [6.07, 6.45) is 1.19. The van der Waals surface area contributed by atoms with Gasteiger partial charge < -0.3 is 10.2 Å². The van der Waals surface area contributed by atoms with Gasteiger partial charge in [0.25, 0.3) is 0 Å². The Bertz CT molecular complexity index is 348. The summed E-state index contributed by atoms with van der Waals surface area (Å²) in [7, 11) is 0. The summed E-state index contributed by atoms with van der Waals surface area (Å²) in [5.41, 5.74) is 0.997. The second kappa shape index (κ2) is 8.10. The highest BCUT2D eigenvalue weighted by molar-refractivity contribution is 5.37. The summed E-state index contributed by atoms with van der Waals surface area (Å²) in [5.74, 6) is 1.67. The third-order valence-electron chi connectivity index (χ3n) is 3.33. The molecule has 108 valence electrons. The molecule has 1 aromatic heterocycles. The summed E-state index contributed by atoms with van der Waals surface area (Å²) >= 11 is 0. The molecule has 4 heteroatoms. The normalized spacial score (nSPS) is 12.7. The minimum atomic E-state index is 0.471. The molecule has 1 heterocycles. The summed E-state index contributed by atoms with van der Waals surface area (Å²) in [6.45, 7) is 13.7. The zero-order valence-corrected chi connectivity index (χ0v) is 13.0. The van der Waals surface area contributed by atoms with E-state index in [-0.39, 0.29) is 0 Å². The molecule has 1 N–H and O–H groups in total. The summed E-state index contributed by atoms with van der Waals surface area (Å²) < 4.78 is 0. The molecule has 4 nitrogen and oxygen atoms in total. The lowest BCUT2D eigenvalue weighted by molar-refractivity contribution is 0.542. The topological polar surface area (TPSA) is 41.0 Å². The van der Waals surface area contributed by atoms with Gasteiger partial charge in [0.2, 0.25) is 0 Å². The van der Waals surface area contributed by atoms with Crippen LogP contribution >= 0.6 is 0 Å². The van der Waals surface area contributed by atoms with Crippen molar-refractivity contribution in [1.82, 2.24) is 15.5 Å². The van der Waals surface area contributed by atoms with Crippen LogP contribution in [0.25, 0.3) is 0 Å². The van der Waals surface area contributed by atoms with Crippen molar-refractivity contribution in [3.8, 4) is 0 Å². The fourth-order valence-electron chi connectivity index (χ4n) is 1.81. The van der Waals surface area contributed by atoms with E-state index in [1.165, 1.54) is 6.42 Å². The van der Waals surface area contributed by atoms with E-state index in [1.54, 1.807) is 0 Å². The van der Waals surface area contributed by atoms with Gasteiger partial charge in [-0.15, -0.1) is 5.10 Å². The Labute approximate surface area is 117 Å². The fraction of sp³-hybridized carbons (Fsp3) is 0.733. The number of anilines is 1. The second-order valence-corrected chi connectivity index (χ2v) is 5.47. The molecule has 0 saturated heterocycles. The molecule has 0 aromatic carbocycles. The number of rotatable bonds is 8. The van der Waals surface area contributed by atoms with E-state index < -0.39 is 0 Å². The molecule has 0 bridgehead atoms. The lowest BCUT2D eigenvalue weighted by atomic mass is 10.1. The number of hydrogen-bond donors (Lipinski definition) is 1. The molecule has 1 aromatic rings. The van der Waals surface area contributed by atoms with Crippen LogP contribution in [0.5, 0.6) is 0 Å². The van der Waals surface area contributed by atoms with E-state index in [0.29, 0.717) is 12.0 Å².